The number of hydrogen-bond donors (Lipinski definition) is 0. The third kappa shape index (κ3) is 6.91. The highest BCUT2D eigenvalue weighted by Crippen LogP contribution is 2.22. The van der Waals surface area contributed by atoms with Gasteiger partial charge in [0.2, 0.25) is 0 Å². The number of carbonyl (C=O) groups excluding carboxylic acids is 1. The Labute approximate surface area is 187 Å². The molecule has 4 heteroatoms. The Kier molecular flexibility index (Phi) is 8.14. The zero-order chi connectivity index (χ0) is 21.3. The number of nitrogens with zero attached hydrogens (tertiary/aromatic N) is 2. The number of likely N-dealkylation sites (tertiary alicyclic amines) is 2. The molecule has 0 unspecified atom stereocenters. The molecule has 0 atom stereocenters. The average molecular weight is 421 g/mol. The van der Waals surface area contributed by atoms with E-state index in [0.29, 0.717) is 18.6 Å². The van der Waals surface area contributed by atoms with E-state index in [-0.39, 0.29) is 0 Å². The van der Waals surface area contributed by atoms with Gasteiger partial charge in [0.1, 0.15) is 17.3 Å². The molecule has 4 nitrogen and oxygen atoms in total. The second-order valence-electron chi connectivity index (χ2n) is 9.05. The summed E-state index contributed by atoms with van der Waals surface area (Å²) in [6.07, 6.45) is 8.93. The predicted octanol–water partition coefficient (Wildman–Crippen LogP) is 5.32. The molecular formula is C27H36N2O2. The highest BCUT2D eigenvalue weighted by atomic mass is 16.5. The van der Waals surface area contributed by atoms with Gasteiger partial charge < -0.3 is 14.5 Å². The maximum atomic E-state index is 12.4. The van der Waals surface area contributed by atoms with E-state index in [1.54, 1.807) is 0 Å². The first-order valence-electron chi connectivity index (χ1n) is 12.1. The molecule has 2 aromatic rings. The van der Waals surface area contributed by atoms with Crippen molar-refractivity contribution in [3.8, 4) is 11.5 Å². The van der Waals surface area contributed by atoms with E-state index >= 15 is 0 Å². The van der Waals surface area contributed by atoms with Gasteiger partial charge >= 0.3 is 0 Å². The summed E-state index contributed by atoms with van der Waals surface area (Å²) in [6, 6.07) is 18.5. The van der Waals surface area contributed by atoms with Crippen LogP contribution in [0.2, 0.25) is 0 Å². The molecule has 4 rings (SSSR count). The molecule has 0 bridgehead atoms. The molecular weight excluding hydrogens is 384 g/mol. The van der Waals surface area contributed by atoms with Gasteiger partial charge in [0.05, 0.1) is 0 Å². The van der Waals surface area contributed by atoms with Gasteiger partial charge in [-0.25, -0.2) is 0 Å². The second-order valence-corrected chi connectivity index (χ2v) is 9.05. The molecule has 0 N–H and O–H groups in total. The molecule has 0 aromatic heterocycles. The number of ether oxygens (including phenoxy) is 1. The van der Waals surface area contributed by atoms with E-state index in [4.69, 9.17) is 4.74 Å². The van der Waals surface area contributed by atoms with Gasteiger partial charge in [0, 0.05) is 18.9 Å². The number of carbonyl (C=O) groups is 1. The van der Waals surface area contributed by atoms with E-state index in [9.17, 15) is 4.79 Å². The predicted molar refractivity (Wildman–Crippen MR) is 126 cm³/mol. The smallest absolute Gasteiger partial charge is 0.137 e. The van der Waals surface area contributed by atoms with Crippen LogP contribution >= 0.6 is 0 Å². The minimum Gasteiger partial charge on any atom is -0.457 e. The quantitative estimate of drug-likeness (QED) is 0.550. The molecule has 31 heavy (non-hydrogen) atoms. The van der Waals surface area contributed by atoms with Gasteiger partial charge in [-0.05, 0) is 94.7 Å². The molecule has 0 radical (unpaired) electrons. The Morgan fingerprint density at radius 3 is 2.23 bits per heavy atom. The van der Waals surface area contributed by atoms with Gasteiger partial charge in [0.25, 0.3) is 0 Å². The minimum atomic E-state index is 0.333. The number of para-hydroxylation sites is 1. The van der Waals surface area contributed by atoms with Crippen molar-refractivity contribution in [1.29, 1.82) is 0 Å². The molecule has 0 spiro atoms. The number of rotatable bonds is 9. The molecule has 2 heterocycles. The fourth-order valence-electron chi connectivity index (χ4n) is 4.91. The standard InChI is InChI=1S/C27H36N2O2/c30-25(22-23-11-13-27(14-12-23)31-26-9-3-1-4-10-26)8-7-17-28-20-15-24(16-21-28)29-18-5-2-6-19-29/h1,3-4,9-14,24H,2,5-8,15-22H2. The van der Waals surface area contributed by atoms with Crippen LogP contribution in [0.1, 0.15) is 50.5 Å². The molecule has 2 aliphatic heterocycles. The van der Waals surface area contributed by atoms with E-state index in [1.165, 1.54) is 58.3 Å². The van der Waals surface area contributed by atoms with Crippen molar-refractivity contribution >= 4 is 5.78 Å². The van der Waals surface area contributed by atoms with Crippen molar-refractivity contribution in [3.05, 3.63) is 60.2 Å². The van der Waals surface area contributed by atoms with Crippen molar-refractivity contribution < 1.29 is 9.53 Å². The molecule has 2 saturated heterocycles. The lowest BCUT2D eigenvalue weighted by molar-refractivity contribution is -0.118. The minimum absolute atomic E-state index is 0.333. The van der Waals surface area contributed by atoms with Gasteiger partial charge in [0.15, 0.2) is 0 Å². The van der Waals surface area contributed by atoms with E-state index in [2.05, 4.69) is 9.80 Å². The molecule has 0 amide bonds. The van der Waals surface area contributed by atoms with E-state index < -0.39 is 0 Å². The summed E-state index contributed by atoms with van der Waals surface area (Å²) in [5.74, 6) is 1.96. The first kappa shape index (κ1) is 22.0. The molecule has 2 aromatic carbocycles. The normalized spacial score (nSPS) is 18.7. The van der Waals surface area contributed by atoms with Gasteiger partial charge in [-0.1, -0.05) is 36.8 Å². The first-order valence-corrected chi connectivity index (χ1v) is 12.1. The zero-order valence-corrected chi connectivity index (χ0v) is 18.7. The van der Waals surface area contributed by atoms with Crippen LogP contribution in [0.4, 0.5) is 0 Å². The number of ketones is 1. The topological polar surface area (TPSA) is 32.8 Å². The molecule has 0 saturated carbocycles. The Morgan fingerprint density at radius 2 is 1.52 bits per heavy atom. The van der Waals surface area contributed by atoms with Gasteiger partial charge in [-0.2, -0.15) is 0 Å². The van der Waals surface area contributed by atoms with Crippen LogP contribution in [0.3, 0.4) is 0 Å². The van der Waals surface area contributed by atoms with Crippen molar-refractivity contribution in [2.24, 2.45) is 0 Å². The number of hydrogen-bond acceptors (Lipinski definition) is 4. The molecule has 2 fully saturated rings. The summed E-state index contributed by atoms with van der Waals surface area (Å²) in [5, 5.41) is 0. The molecule has 2 aliphatic rings. The maximum Gasteiger partial charge on any atom is 0.137 e. The molecule has 0 aliphatic carbocycles. The van der Waals surface area contributed by atoms with Crippen molar-refractivity contribution in [1.82, 2.24) is 9.80 Å². The van der Waals surface area contributed by atoms with Gasteiger partial charge in [-0.3, -0.25) is 4.79 Å². The van der Waals surface area contributed by atoms with Crippen molar-refractivity contribution in [3.63, 3.8) is 0 Å². The van der Waals surface area contributed by atoms with E-state index in [1.807, 2.05) is 54.6 Å². The lowest BCUT2D eigenvalue weighted by atomic mass is 9.99. The van der Waals surface area contributed by atoms with Crippen LogP contribution in [-0.2, 0) is 11.2 Å². The average Bonchev–Trinajstić information content (AvgIpc) is 2.82. The number of Topliss-reactive ketones (excluding diaryl/α,β-unsaturated/α-hetero) is 1. The largest absolute Gasteiger partial charge is 0.457 e. The third-order valence-corrected chi connectivity index (χ3v) is 6.70. The Bertz CT molecular complexity index is 792. The van der Waals surface area contributed by atoms with Crippen LogP contribution in [0.15, 0.2) is 54.6 Å². The second kappa shape index (κ2) is 11.4. The Balaban J connectivity index is 1.12. The van der Waals surface area contributed by atoms with Crippen LogP contribution < -0.4 is 4.74 Å². The lowest BCUT2D eigenvalue weighted by Crippen LogP contribution is -2.46. The Morgan fingerprint density at radius 1 is 0.839 bits per heavy atom. The SMILES string of the molecule is O=C(CCCN1CCC(N2CCCCC2)CC1)Cc1ccc(Oc2ccccc2)cc1. The highest BCUT2D eigenvalue weighted by Gasteiger charge is 2.25. The highest BCUT2D eigenvalue weighted by molar-refractivity contribution is 5.80. The fraction of sp³-hybridized carbons (Fsp3) is 0.519. The lowest BCUT2D eigenvalue weighted by Gasteiger charge is -2.40. The summed E-state index contributed by atoms with van der Waals surface area (Å²) in [7, 11) is 0. The van der Waals surface area contributed by atoms with Crippen LogP contribution in [0.25, 0.3) is 0 Å². The van der Waals surface area contributed by atoms with Crippen molar-refractivity contribution in [2.45, 2.75) is 57.4 Å². The Hall–Kier alpha value is -2.17. The fourth-order valence-corrected chi connectivity index (χ4v) is 4.91. The summed E-state index contributed by atoms with van der Waals surface area (Å²) >= 11 is 0. The van der Waals surface area contributed by atoms with Crippen LogP contribution in [0.5, 0.6) is 11.5 Å². The third-order valence-electron chi connectivity index (χ3n) is 6.70. The molecule has 166 valence electrons. The maximum absolute atomic E-state index is 12.4. The summed E-state index contributed by atoms with van der Waals surface area (Å²) in [6.45, 7) is 6.05. The van der Waals surface area contributed by atoms with E-state index in [0.717, 1.165) is 36.1 Å². The summed E-state index contributed by atoms with van der Waals surface area (Å²) < 4.78 is 5.82. The first-order chi connectivity index (χ1) is 15.3. The summed E-state index contributed by atoms with van der Waals surface area (Å²) in [5.41, 5.74) is 1.06. The summed E-state index contributed by atoms with van der Waals surface area (Å²) in [4.78, 5) is 17.7. The number of piperidine rings is 2. The van der Waals surface area contributed by atoms with Crippen LogP contribution in [-0.4, -0.2) is 54.3 Å². The monoisotopic (exact) mass is 420 g/mol. The number of benzene rings is 2. The zero-order valence-electron chi connectivity index (χ0n) is 18.7. The van der Waals surface area contributed by atoms with Gasteiger partial charge in [-0.15, -0.1) is 0 Å². The van der Waals surface area contributed by atoms with Crippen molar-refractivity contribution in [2.75, 3.05) is 32.7 Å². The van der Waals surface area contributed by atoms with Crippen LogP contribution in [0, 0.1) is 0 Å².